The molecule has 1 rings (SSSR count). The summed E-state index contributed by atoms with van der Waals surface area (Å²) < 4.78 is 29.2. The third-order valence-electron chi connectivity index (χ3n) is 1.74. The Hall–Kier alpha value is -1.40. The molecule has 6 heteroatoms. The molecular formula is C9H11NO4S. The van der Waals surface area contributed by atoms with Crippen molar-refractivity contribution in [1.82, 2.24) is 0 Å². The number of rotatable bonds is 5. The molecular weight excluding hydrogens is 218 g/mol. The Morgan fingerprint density at radius 1 is 1.27 bits per heavy atom. The van der Waals surface area contributed by atoms with Crippen molar-refractivity contribution in [2.75, 3.05) is 17.6 Å². The Kier molecular flexibility index (Phi) is 3.81. The molecule has 0 saturated carbocycles. The molecule has 2 N–H and O–H groups in total. The van der Waals surface area contributed by atoms with Crippen molar-refractivity contribution < 1.29 is 17.8 Å². The fraction of sp³-hybridized carbons (Fsp3) is 0.222. The van der Waals surface area contributed by atoms with E-state index in [1.165, 1.54) is 0 Å². The first kappa shape index (κ1) is 11.7. The van der Waals surface area contributed by atoms with E-state index in [4.69, 9.17) is 4.55 Å². The van der Waals surface area contributed by atoms with Gasteiger partial charge in [0.15, 0.2) is 0 Å². The molecule has 0 aliphatic carbocycles. The molecule has 5 nitrogen and oxygen atoms in total. The maximum atomic E-state index is 10.4. The molecule has 82 valence electrons. The standard InChI is InChI=1S/C9H11NO4S/c11-7-8-1-3-9(4-2-8)10-5-6-15(12,13)14/h1-4,7,10H,5-6H2,(H,12,13,14). The first-order chi connectivity index (χ1) is 7.01. The number of carbonyl (C=O) groups excluding carboxylic acids is 1. The zero-order valence-corrected chi connectivity index (χ0v) is 8.70. The van der Waals surface area contributed by atoms with Gasteiger partial charge in [0.1, 0.15) is 6.29 Å². The van der Waals surface area contributed by atoms with Crippen LogP contribution in [0.4, 0.5) is 5.69 Å². The lowest BCUT2D eigenvalue weighted by Crippen LogP contribution is -2.14. The van der Waals surface area contributed by atoms with Gasteiger partial charge in [-0.1, -0.05) is 0 Å². The lowest BCUT2D eigenvalue weighted by molar-refractivity contribution is 0.112. The van der Waals surface area contributed by atoms with Gasteiger partial charge in [0.2, 0.25) is 0 Å². The predicted molar refractivity (Wildman–Crippen MR) is 56.7 cm³/mol. The number of anilines is 1. The summed E-state index contributed by atoms with van der Waals surface area (Å²) >= 11 is 0. The highest BCUT2D eigenvalue weighted by Gasteiger charge is 2.02. The number of benzene rings is 1. The van der Waals surface area contributed by atoms with Crippen molar-refractivity contribution in [3.05, 3.63) is 29.8 Å². The summed E-state index contributed by atoms with van der Waals surface area (Å²) in [6.45, 7) is 0.124. The summed E-state index contributed by atoms with van der Waals surface area (Å²) in [5.74, 6) is -0.345. The second kappa shape index (κ2) is 4.90. The van der Waals surface area contributed by atoms with Crippen LogP contribution in [0.1, 0.15) is 10.4 Å². The number of nitrogens with one attached hydrogen (secondary N) is 1. The van der Waals surface area contributed by atoms with E-state index in [9.17, 15) is 13.2 Å². The van der Waals surface area contributed by atoms with Crippen molar-refractivity contribution >= 4 is 22.1 Å². The highest BCUT2D eigenvalue weighted by atomic mass is 32.2. The van der Waals surface area contributed by atoms with Crippen molar-refractivity contribution in [1.29, 1.82) is 0 Å². The molecule has 1 aromatic rings. The molecule has 0 atom stereocenters. The van der Waals surface area contributed by atoms with E-state index in [1.54, 1.807) is 24.3 Å². The van der Waals surface area contributed by atoms with Crippen LogP contribution in [0.25, 0.3) is 0 Å². The van der Waals surface area contributed by atoms with Crippen molar-refractivity contribution in [2.45, 2.75) is 0 Å². The first-order valence-electron chi connectivity index (χ1n) is 4.25. The molecule has 0 unspecified atom stereocenters. The molecule has 0 spiro atoms. The van der Waals surface area contributed by atoms with E-state index in [0.717, 1.165) is 6.29 Å². The number of hydrogen-bond donors (Lipinski definition) is 2. The second-order valence-corrected chi connectivity index (χ2v) is 4.52. The molecule has 0 bridgehead atoms. The van der Waals surface area contributed by atoms with E-state index in [2.05, 4.69) is 5.32 Å². The van der Waals surface area contributed by atoms with Gasteiger partial charge in [-0.3, -0.25) is 9.35 Å². The average molecular weight is 229 g/mol. The molecule has 0 saturated heterocycles. The van der Waals surface area contributed by atoms with E-state index < -0.39 is 10.1 Å². The molecule has 1 aromatic carbocycles. The zero-order valence-electron chi connectivity index (χ0n) is 7.88. The third-order valence-corrected chi connectivity index (χ3v) is 2.46. The van der Waals surface area contributed by atoms with E-state index in [0.29, 0.717) is 11.3 Å². The summed E-state index contributed by atoms with van der Waals surface area (Å²) in [5.41, 5.74) is 1.25. The molecule has 0 heterocycles. The molecule has 0 aliphatic rings. The van der Waals surface area contributed by atoms with E-state index in [-0.39, 0.29) is 12.3 Å². The number of aldehydes is 1. The van der Waals surface area contributed by atoms with Crippen LogP contribution in [0, 0.1) is 0 Å². The molecule has 0 aromatic heterocycles. The minimum absolute atomic E-state index is 0.124. The smallest absolute Gasteiger partial charge is 0.266 e. The van der Waals surface area contributed by atoms with E-state index >= 15 is 0 Å². The predicted octanol–water partition coefficient (Wildman–Crippen LogP) is 0.799. The quantitative estimate of drug-likeness (QED) is 0.576. The summed E-state index contributed by atoms with van der Waals surface area (Å²) in [5, 5.41) is 2.80. The van der Waals surface area contributed by atoms with Gasteiger partial charge in [0.25, 0.3) is 10.1 Å². The van der Waals surface area contributed by atoms with Crippen molar-refractivity contribution in [3.63, 3.8) is 0 Å². The van der Waals surface area contributed by atoms with E-state index in [1.807, 2.05) is 0 Å². The Labute approximate surface area is 87.9 Å². The highest BCUT2D eigenvalue weighted by Crippen LogP contribution is 2.07. The minimum atomic E-state index is -3.93. The third kappa shape index (κ3) is 4.57. The summed E-state index contributed by atoms with van der Waals surface area (Å²) in [7, 11) is -3.93. The van der Waals surface area contributed by atoms with Gasteiger partial charge in [-0.15, -0.1) is 0 Å². The first-order valence-corrected chi connectivity index (χ1v) is 5.86. The van der Waals surface area contributed by atoms with Gasteiger partial charge >= 0.3 is 0 Å². The van der Waals surface area contributed by atoms with Gasteiger partial charge in [-0.2, -0.15) is 8.42 Å². The Morgan fingerprint density at radius 2 is 1.87 bits per heavy atom. The minimum Gasteiger partial charge on any atom is -0.384 e. The molecule has 0 amide bonds. The summed E-state index contributed by atoms with van der Waals surface area (Å²) in [6, 6.07) is 6.55. The van der Waals surface area contributed by atoms with Crippen LogP contribution < -0.4 is 5.32 Å². The highest BCUT2D eigenvalue weighted by molar-refractivity contribution is 7.85. The van der Waals surface area contributed by atoms with Gasteiger partial charge in [0, 0.05) is 17.8 Å². The average Bonchev–Trinajstić information content (AvgIpc) is 2.17. The topological polar surface area (TPSA) is 83.5 Å². The molecule has 0 aliphatic heterocycles. The van der Waals surface area contributed by atoms with Crippen LogP contribution in [0.3, 0.4) is 0 Å². The van der Waals surface area contributed by atoms with Crippen molar-refractivity contribution in [3.8, 4) is 0 Å². The van der Waals surface area contributed by atoms with Crippen LogP contribution in [0.15, 0.2) is 24.3 Å². The molecule has 0 fully saturated rings. The summed E-state index contributed by atoms with van der Waals surface area (Å²) in [4.78, 5) is 10.3. The Morgan fingerprint density at radius 3 is 2.33 bits per heavy atom. The van der Waals surface area contributed by atoms with Gasteiger partial charge in [-0.25, -0.2) is 0 Å². The fourth-order valence-corrected chi connectivity index (χ4v) is 1.36. The van der Waals surface area contributed by atoms with Crippen LogP contribution in [0.5, 0.6) is 0 Å². The van der Waals surface area contributed by atoms with Gasteiger partial charge < -0.3 is 5.32 Å². The summed E-state index contributed by atoms with van der Waals surface area (Å²) in [6.07, 6.45) is 0.724. The second-order valence-electron chi connectivity index (χ2n) is 2.95. The number of hydrogen-bond acceptors (Lipinski definition) is 4. The maximum absolute atomic E-state index is 10.4. The monoisotopic (exact) mass is 229 g/mol. The van der Waals surface area contributed by atoms with Gasteiger partial charge in [-0.05, 0) is 24.3 Å². The van der Waals surface area contributed by atoms with Crippen LogP contribution in [-0.2, 0) is 10.1 Å². The Bertz CT molecular complexity index is 424. The lowest BCUT2D eigenvalue weighted by Gasteiger charge is -2.04. The van der Waals surface area contributed by atoms with Crippen LogP contribution in [-0.4, -0.2) is 31.6 Å². The molecule has 0 radical (unpaired) electrons. The Balaban J connectivity index is 2.48. The number of carbonyl (C=O) groups is 1. The maximum Gasteiger partial charge on any atom is 0.266 e. The van der Waals surface area contributed by atoms with Crippen LogP contribution in [0.2, 0.25) is 0 Å². The molecule has 15 heavy (non-hydrogen) atoms. The van der Waals surface area contributed by atoms with Crippen LogP contribution >= 0.6 is 0 Å². The fourth-order valence-electron chi connectivity index (χ4n) is 1.00. The van der Waals surface area contributed by atoms with Crippen molar-refractivity contribution in [2.24, 2.45) is 0 Å². The van der Waals surface area contributed by atoms with Gasteiger partial charge in [0.05, 0.1) is 5.75 Å². The SMILES string of the molecule is O=Cc1ccc(NCCS(=O)(=O)O)cc1. The normalized spacial score (nSPS) is 11.0. The lowest BCUT2D eigenvalue weighted by atomic mass is 10.2. The zero-order chi connectivity index (χ0) is 11.3. The largest absolute Gasteiger partial charge is 0.384 e.